The summed E-state index contributed by atoms with van der Waals surface area (Å²) < 4.78 is 0. The van der Waals surface area contributed by atoms with Gasteiger partial charge in [-0.15, -0.1) is 0 Å². The number of aliphatic hydroxyl groups is 2. The Balaban J connectivity index is 4.88. The first kappa shape index (κ1) is 24.0. The Morgan fingerprint density at radius 2 is 1.59 bits per heavy atom. The van der Waals surface area contributed by atoms with E-state index in [0.29, 0.717) is 0 Å². The summed E-state index contributed by atoms with van der Waals surface area (Å²) in [5, 5.41) is 30.8. The van der Waals surface area contributed by atoms with Gasteiger partial charge in [-0.25, -0.2) is 9.59 Å². The van der Waals surface area contributed by atoms with Gasteiger partial charge in [0.1, 0.15) is 6.04 Å². The third-order valence-corrected chi connectivity index (χ3v) is 3.15. The molecule has 11 N–H and O–H groups in total. The van der Waals surface area contributed by atoms with Crippen LogP contribution in [0.2, 0.25) is 0 Å². The molecule has 0 radical (unpaired) electrons. The van der Waals surface area contributed by atoms with Crippen molar-refractivity contribution >= 4 is 29.7 Å². The van der Waals surface area contributed by atoms with Crippen LogP contribution in [0, 0.1) is 0 Å². The molecule has 14 nitrogen and oxygen atoms in total. The molecule has 0 heterocycles. The van der Waals surface area contributed by atoms with Crippen molar-refractivity contribution in [3.63, 3.8) is 0 Å². The molecule has 0 fully saturated rings. The van der Waals surface area contributed by atoms with E-state index in [9.17, 15) is 29.1 Å². The first-order valence-electron chi connectivity index (χ1n) is 7.71. The Hall–Kier alpha value is -2.97. The fraction of sp³-hybridized carbons (Fsp3) is 0.615. The lowest BCUT2D eigenvalue weighted by Gasteiger charge is -2.21. The van der Waals surface area contributed by atoms with Crippen LogP contribution in [-0.4, -0.2) is 75.9 Å². The highest BCUT2D eigenvalue weighted by Gasteiger charge is 2.28. The summed E-state index contributed by atoms with van der Waals surface area (Å²) in [5.74, 6) is -4.37. The highest BCUT2D eigenvalue weighted by Crippen LogP contribution is 1.96. The van der Waals surface area contributed by atoms with Crippen molar-refractivity contribution in [1.82, 2.24) is 21.5 Å². The Bertz CT molecular complexity index is 569. The van der Waals surface area contributed by atoms with Crippen LogP contribution in [0.5, 0.6) is 0 Å². The number of carboxylic acid groups (broad SMARTS) is 1. The predicted octanol–water partition coefficient (Wildman–Crippen LogP) is -4.78. The Kier molecular flexibility index (Phi) is 10.3. The van der Waals surface area contributed by atoms with Gasteiger partial charge in [-0.3, -0.25) is 25.2 Å². The molecule has 4 unspecified atom stereocenters. The molecule has 0 aromatic carbocycles. The number of primary amides is 1. The summed E-state index contributed by atoms with van der Waals surface area (Å²) in [4.78, 5) is 57.4. The van der Waals surface area contributed by atoms with Crippen molar-refractivity contribution in [3.8, 4) is 0 Å². The van der Waals surface area contributed by atoms with Crippen LogP contribution in [0.4, 0.5) is 4.79 Å². The number of rotatable bonds is 10. The van der Waals surface area contributed by atoms with E-state index in [1.165, 1.54) is 0 Å². The molecule has 0 saturated heterocycles. The fourth-order valence-electron chi connectivity index (χ4n) is 1.71. The quantitative estimate of drug-likeness (QED) is 0.162. The summed E-state index contributed by atoms with van der Waals surface area (Å²) in [6.07, 6.45) is -2.17. The number of aliphatic carboxylic acids is 1. The second-order valence-electron chi connectivity index (χ2n) is 5.49. The molecule has 0 saturated carbocycles. The number of carbonyl (C=O) groups is 5. The molecule has 154 valence electrons. The van der Waals surface area contributed by atoms with Gasteiger partial charge in [0.2, 0.25) is 5.91 Å². The second-order valence-corrected chi connectivity index (χ2v) is 5.49. The van der Waals surface area contributed by atoms with Crippen LogP contribution in [-0.2, 0) is 19.2 Å². The average Bonchev–Trinajstić information content (AvgIpc) is 2.55. The van der Waals surface area contributed by atoms with E-state index in [0.717, 1.165) is 6.92 Å². The summed E-state index contributed by atoms with van der Waals surface area (Å²) >= 11 is 0. The first-order chi connectivity index (χ1) is 12.5. The standard InChI is InChI=1S/C13H24N6O8/c1-5(21)9(12(25)26)17-13(27)16-7(4-8(15)22)11(24)19-18-10(23)6(14)2-3-20/h5-7,9,20-21H,2-4,14H2,1H3,(H2,15,22)(H,18,23)(H,19,24)(H,25,26)(H2,16,17,27). The van der Waals surface area contributed by atoms with Gasteiger partial charge in [-0.05, 0) is 13.3 Å². The number of amides is 5. The van der Waals surface area contributed by atoms with Crippen molar-refractivity contribution in [1.29, 1.82) is 0 Å². The molecular formula is C13H24N6O8. The van der Waals surface area contributed by atoms with Crippen LogP contribution in [0.25, 0.3) is 0 Å². The van der Waals surface area contributed by atoms with E-state index >= 15 is 0 Å². The van der Waals surface area contributed by atoms with Crippen molar-refractivity contribution in [2.75, 3.05) is 6.61 Å². The zero-order valence-electron chi connectivity index (χ0n) is 14.5. The molecular weight excluding hydrogens is 368 g/mol. The van der Waals surface area contributed by atoms with Gasteiger partial charge in [0.25, 0.3) is 11.8 Å². The summed E-state index contributed by atoms with van der Waals surface area (Å²) in [7, 11) is 0. The highest BCUT2D eigenvalue weighted by molar-refractivity contribution is 5.93. The molecule has 5 amide bonds. The second kappa shape index (κ2) is 11.6. The summed E-state index contributed by atoms with van der Waals surface area (Å²) in [5.41, 5.74) is 14.2. The van der Waals surface area contributed by atoms with Crippen LogP contribution in [0.1, 0.15) is 19.8 Å². The minimum absolute atomic E-state index is 0.0665. The molecule has 0 aromatic heterocycles. The Morgan fingerprint density at radius 3 is 2.04 bits per heavy atom. The van der Waals surface area contributed by atoms with Crippen molar-refractivity contribution in [2.24, 2.45) is 11.5 Å². The zero-order valence-corrected chi connectivity index (χ0v) is 14.5. The average molecular weight is 392 g/mol. The molecule has 0 aromatic rings. The SMILES string of the molecule is CC(O)C(NC(=O)NC(CC(N)=O)C(=O)NNC(=O)C(N)CCO)C(=O)O. The Labute approximate surface area is 153 Å². The van der Waals surface area contributed by atoms with Crippen LogP contribution < -0.4 is 33.0 Å². The number of carboxylic acids is 1. The highest BCUT2D eigenvalue weighted by atomic mass is 16.4. The predicted molar refractivity (Wildman–Crippen MR) is 88.3 cm³/mol. The first-order valence-corrected chi connectivity index (χ1v) is 7.71. The minimum Gasteiger partial charge on any atom is -0.480 e. The lowest BCUT2D eigenvalue weighted by atomic mass is 10.1. The van der Waals surface area contributed by atoms with Gasteiger partial charge in [-0.2, -0.15) is 0 Å². The smallest absolute Gasteiger partial charge is 0.328 e. The molecule has 0 bridgehead atoms. The number of carbonyl (C=O) groups excluding carboxylic acids is 4. The van der Waals surface area contributed by atoms with E-state index in [4.69, 9.17) is 21.7 Å². The van der Waals surface area contributed by atoms with Crippen LogP contribution >= 0.6 is 0 Å². The van der Waals surface area contributed by atoms with E-state index in [2.05, 4.69) is 0 Å². The van der Waals surface area contributed by atoms with Gasteiger partial charge in [-0.1, -0.05) is 0 Å². The number of aliphatic hydroxyl groups excluding tert-OH is 2. The van der Waals surface area contributed by atoms with Crippen LogP contribution in [0.3, 0.4) is 0 Å². The third kappa shape index (κ3) is 9.34. The molecule has 0 rings (SSSR count). The molecule has 14 heteroatoms. The van der Waals surface area contributed by atoms with Gasteiger partial charge in [0.05, 0.1) is 18.6 Å². The molecule has 0 aliphatic rings. The van der Waals surface area contributed by atoms with E-state index < -0.39 is 60.4 Å². The van der Waals surface area contributed by atoms with Crippen LogP contribution in [0.15, 0.2) is 0 Å². The normalized spacial score (nSPS) is 14.8. The van der Waals surface area contributed by atoms with E-state index in [1.54, 1.807) is 0 Å². The summed E-state index contributed by atoms with van der Waals surface area (Å²) in [6, 6.07) is -5.50. The third-order valence-electron chi connectivity index (χ3n) is 3.15. The molecule has 0 spiro atoms. The lowest BCUT2D eigenvalue weighted by molar-refractivity contribution is -0.141. The largest absolute Gasteiger partial charge is 0.480 e. The molecule has 0 aliphatic carbocycles. The maximum atomic E-state index is 12.0. The molecule has 27 heavy (non-hydrogen) atoms. The van der Waals surface area contributed by atoms with E-state index in [1.807, 2.05) is 21.5 Å². The molecule has 0 aliphatic heterocycles. The maximum Gasteiger partial charge on any atom is 0.328 e. The van der Waals surface area contributed by atoms with Crippen molar-refractivity contribution in [2.45, 2.75) is 44.0 Å². The number of hydrogen-bond donors (Lipinski definition) is 9. The number of nitrogens with two attached hydrogens (primary N) is 2. The fourth-order valence-corrected chi connectivity index (χ4v) is 1.71. The van der Waals surface area contributed by atoms with E-state index in [-0.39, 0.29) is 13.0 Å². The van der Waals surface area contributed by atoms with Crippen molar-refractivity contribution in [3.05, 3.63) is 0 Å². The van der Waals surface area contributed by atoms with Gasteiger partial charge in [0, 0.05) is 6.61 Å². The number of nitrogens with one attached hydrogen (secondary N) is 4. The Morgan fingerprint density at radius 1 is 1.04 bits per heavy atom. The van der Waals surface area contributed by atoms with Crippen molar-refractivity contribution < 1.29 is 39.3 Å². The number of urea groups is 1. The lowest BCUT2D eigenvalue weighted by Crippen LogP contribution is -2.59. The monoisotopic (exact) mass is 392 g/mol. The van der Waals surface area contributed by atoms with Gasteiger partial charge < -0.3 is 37.4 Å². The minimum atomic E-state index is -1.67. The maximum absolute atomic E-state index is 12.0. The molecule has 4 atom stereocenters. The number of hydrazine groups is 1. The number of hydrogen-bond acceptors (Lipinski definition) is 8. The zero-order chi connectivity index (χ0) is 21.1. The summed E-state index contributed by atoms with van der Waals surface area (Å²) in [6.45, 7) is 0.764. The van der Waals surface area contributed by atoms with Gasteiger partial charge >= 0.3 is 12.0 Å². The van der Waals surface area contributed by atoms with Gasteiger partial charge in [0.15, 0.2) is 6.04 Å². The topological polar surface area (TPSA) is 246 Å².